The Morgan fingerprint density at radius 1 is 1.33 bits per heavy atom. The number of halogens is 2. The molecule has 1 rings (SSSR count). The molecule has 1 amide bonds. The molecular formula is C15H17F2NO3. The third-order valence-corrected chi connectivity index (χ3v) is 2.67. The van der Waals surface area contributed by atoms with Crippen molar-refractivity contribution in [2.75, 3.05) is 19.7 Å². The third kappa shape index (κ3) is 4.98. The number of nitrogens with zero attached hydrogens (tertiary/aromatic N) is 1. The minimum Gasteiger partial charge on any atom is -0.452 e. The fourth-order valence-corrected chi connectivity index (χ4v) is 1.65. The summed E-state index contributed by atoms with van der Waals surface area (Å²) in [4.78, 5) is 24.9. The first kappa shape index (κ1) is 16.8. The highest BCUT2D eigenvalue weighted by Gasteiger charge is 2.18. The molecule has 1 aromatic carbocycles. The zero-order valence-corrected chi connectivity index (χ0v) is 12.0. The second-order valence-corrected chi connectivity index (χ2v) is 4.57. The van der Waals surface area contributed by atoms with Crippen molar-refractivity contribution in [3.8, 4) is 0 Å². The van der Waals surface area contributed by atoms with E-state index < -0.39 is 35.7 Å². The third-order valence-electron chi connectivity index (χ3n) is 2.67. The van der Waals surface area contributed by atoms with Crippen LogP contribution in [0.1, 0.15) is 24.2 Å². The van der Waals surface area contributed by atoms with Gasteiger partial charge in [-0.05, 0) is 26.0 Å². The van der Waals surface area contributed by atoms with E-state index in [0.29, 0.717) is 19.2 Å². The van der Waals surface area contributed by atoms with Crippen molar-refractivity contribution in [1.82, 2.24) is 4.90 Å². The molecule has 0 radical (unpaired) electrons. The predicted octanol–water partition coefficient (Wildman–Crippen LogP) is 2.55. The molecule has 0 aliphatic heterocycles. The van der Waals surface area contributed by atoms with Crippen LogP contribution in [0.2, 0.25) is 0 Å². The molecule has 0 saturated carbocycles. The molecule has 0 spiro atoms. The van der Waals surface area contributed by atoms with Crippen molar-refractivity contribution in [3.63, 3.8) is 0 Å². The van der Waals surface area contributed by atoms with Crippen LogP contribution >= 0.6 is 0 Å². The van der Waals surface area contributed by atoms with Gasteiger partial charge in [-0.1, -0.05) is 12.2 Å². The summed E-state index contributed by atoms with van der Waals surface area (Å²) >= 11 is 0. The second-order valence-electron chi connectivity index (χ2n) is 4.57. The van der Waals surface area contributed by atoms with Crippen molar-refractivity contribution in [2.45, 2.75) is 13.8 Å². The Morgan fingerprint density at radius 2 is 2.00 bits per heavy atom. The first-order valence-electron chi connectivity index (χ1n) is 6.39. The van der Waals surface area contributed by atoms with Gasteiger partial charge in [-0.15, -0.1) is 0 Å². The maximum Gasteiger partial charge on any atom is 0.341 e. The molecule has 0 aromatic heterocycles. The Labute approximate surface area is 122 Å². The van der Waals surface area contributed by atoms with Crippen LogP contribution in [0.5, 0.6) is 0 Å². The fourth-order valence-electron chi connectivity index (χ4n) is 1.65. The lowest BCUT2D eigenvalue weighted by Gasteiger charge is -2.20. The Kier molecular flexibility index (Phi) is 6.02. The lowest BCUT2D eigenvalue weighted by Crippen LogP contribution is -2.35. The molecule has 21 heavy (non-hydrogen) atoms. The van der Waals surface area contributed by atoms with Gasteiger partial charge in [0, 0.05) is 19.2 Å². The van der Waals surface area contributed by atoms with E-state index in [-0.39, 0.29) is 0 Å². The van der Waals surface area contributed by atoms with E-state index in [4.69, 9.17) is 4.74 Å². The molecule has 0 atom stereocenters. The minimum atomic E-state index is -1.03. The summed E-state index contributed by atoms with van der Waals surface area (Å²) in [5.41, 5.74) is 0.383. The quantitative estimate of drug-likeness (QED) is 0.599. The molecule has 0 saturated heterocycles. The van der Waals surface area contributed by atoms with Crippen molar-refractivity contribution < 1.29 is 23.1 Å². The van der Waals surface area contributed by atoms with Crippen molar-refractivity contribution in [1.29, 1.82) is 0 Å². The Morgan fingerprint density at radius 3 is 2.52 bits per heavy atom. The predicted molar refractivity (Wildman–Crippen MR) is 73.7 cm³/mol. The molecule has 4 nitrogen and oxygen atoms in total. The number of hydrogen-bond donors (Lipinski definition) is 0. The Hall–Kier alpha value is -2.24. The van der Waals surface area contributed by atoms with Crippen LogP contribution in [0.3, 0.4) is 0 Å². The van der Waals surface area contributed by atoms with E-state index in [2.05, 4.69) is 6.58 Å². The first-order chi connectivity index (χ1) is 9.85. The molecule has 0 unspecified atom stereocenters. The van der Waals surface area contributed by atoms with Gasteiger partial charge in [0.1, 0.15) is 11.6 Å². The Balaban J connectivity index is 2.63. The van der Waals surface area contributed by atoms with E-state index in [9.17, 15) is 18.4 Å². The number of rotatable bonds is 6. The van der Waals surface area contributed by atoms with Gasteiger partial charge in [0.25, 0.3) is 5.91 Å². The molecule has 0 heterocycles. The van der Waals surface area contributed by atoms with Gasteiger partial charge in [0.15, 0.2) is 6.61 Å². The van der Waals surface area contributed by atoms with Gasteiger partial charge in [0.2, 0.25) is 0 Å². The average molecular weight is 297 g/mol. The smallest absolute Gasteiger partial charge is 0.341 e. The second kappa shape index (κ2) is 7.52. The monoisotopic (exact) mass is 297 g/mol. The number of amides is 1. The standard InChI is InChI=1S/C15H17F2NO3/c1-4-18(8-10(2)3)14(19)9-21-15(20)12-6-5-11(16)7-13(12)17/h5-7H,2,4,8-9H2,1,3H3. The first-order valence-corrected chi connectivity index (χ1v) is 6.39. The summed E-state index contributed by atoms with van der Waals surface area (Å²) in [6.45, 7) is 7.55. The lowest BCUT2D eigenvalue weighted by atomic mass is 10.2. The van der Waals surface area contributed by atoms with E-state index in [0.717, 1.165) is 17.7 Å². The number of benzene rings is 1. The summed E-state index contributed by atoms with van der Waals surface area (Å²) in [6.07, 6.45) is 0. The molecule has 0 bridgehead atoms. The van der Waals surface area contributed by atoms with E-state index in [1.54, 1.807) is 13.8 Å². The van der Waals surface area contributed by atoms with Gasteiger partial charge in [-0.25, -0.2) is 13.6 Å². The molecule has 114 valence electrons. The van der Waals surface area contributed by atoms with Crippen LogP contribution in [0, 0.1) is 11.6 Å². The lowest BCUT2D eigenvalue weighted by molar-refractivity contribution is -0.133. The highest BCUT2D eigenvalue weighted by atomic mass is 19.1. The number of hydrogen-bond acceptors (Lipinski definition) is 3. The number of ether oxygens (including phenoxy) is 1. The van der Waals surface area contributed by atoms with Gasteiger partial charge in [-0.2, -0.15) is 0 Å². The minimum absolute atomic E-state index is 0.359. The van der Waals surface area contributed by atoms with Gasteiger partial charge in [-0.3, -0.25) is 4.79 Å². The molecule has 6 heteroatoms. The molecule has 0 aliphatic carbocycles. The van der Waals surface area contributed by atoms with Crippen LogP contribution in [0.25, 0.3) is 0 Å². The number of esters is 1. The van der Waals surface area contributed by atoms with Crippen LogP contribution < -0.4 is 0 Å². The van der Waals surface area contributed by atoms with E-state index in [1.807, 2.05) is 0 Å². The van der Waals surface area contributed by atoms with E-state index in [1.165, 1.54) is 4.90 Å². The number of likely N-dealkylation sites (N-methyl/N-ethyl adjacent to an activating group) is 1. The van der Waals surface area contributed by atoms with Crippen LogP contribution in [-0.4, -0.2) is 36.5 Å². The fraction of sp³-hybridized carbons (Fsp3) is 0.333. The summed E-state index contributed by atoms with van der Waals surface area (Å²) in [7, 11) is 0. The number of carbonyl (C=O) groups excluding carboxylic acids is 2. The van der Waals surface area contributed by atoms with Gasteiger partial charge >= 0.3 is 5.97 Å². The van der Waals surface area contributed by atoms with Crippen molar-refractivity contribution in [3.05, 3.63) is 47.5 Å². The van der Waals surface area contributed by atoms with Crippen molar-refractivity contribution >= 4 is 11.9 Å². The zero-order chi connectivity index (χ0) is 16.0. The Bertz CT molecular complexity index is 558. The van der Waals surface area contributed by atoms with Crippen molar-refractivity contribution in [2.24, 2.45) is 0 Å². The largest absolute Gasteiger partial charge is 0.452 e. The summed E-state index contributed by atoms with van der Waals surface area (Å²) in [5, 5.41) is 0. The maximum atomic E-state index is 13.4. The van der Waals surface area contributed by atoms with Gasteiger partial charge in [0.05, 0.1) is 5.56 Å². The summed E-state index contributed by atoms with van der Waals surface area (Å²) < 4.78 is 30.9. The van der Waals surface area contributed by atoms with Gasteiger partial charge < -0.3 is 9.64 Å². The molecular weight excluding hydrogens is 280 g/mol. The molecule has 0 fully saturated rings. The molecule has 0 aliphatic rings. The average Bonchev–Trinajstić information content (AvgIpc) is 2.41. The van der Waals surface area contributed by atoms with Crippen LogP contribution in [0.15, 0.2) is 30.4 Å². The SMILES string of the molecule is C=C(C)CN(CC)C(=O)COC(=O)c1ccc(F)cc1F. The molecule has 0 N–H and O–H groups in total. The number of carbonyl (C=O) groups is 2. The summed E-state index contributed by atoms with van der Waals surface area (Å²) in [6, 6.07) is 2.50. The normalized spacial score (nSPS) is 10.1. The van der Waals surface area contributed by atoms with E-state index >= 15 is 0 Å². The zero-order valence-electron chi connectivity index (χ0n) is 12.0. The van der Waals surface area contributed by atoms with Crippen LogP contribution in [-0.2, 0) is 9.53 Å². The summed E-state index contributed by atoms with van der Waals surface area (Å²) in [5.74, 6) is -3.23. The topological polar surface area (TPSA) is 46.6 Å². The highest BCUT2D eigenvalue weighted by molar-refractivity contribution is 5.91. The van der Waals surface area contributed by atoms with Crippen LogP contribution in [0.4, 0.5) is 8.78 Å². The highest BCUT2D eigenvalue weighted by Crippen LogP contribution is 2.11. The molecule has 1 aromatic rings. The maximum absolute atomic E-state index is 13.4.